The van der Waals surface area contributed by atoms with Gasteiger partial charge in [0, 0.05) is 68.8 Å². The Morgan fingerprint density at radius 3 is 2.57 bits per heavy atom. The van der Waals surface area contributed by atoms with E-state index in [1.54, 1.807) is 19.0 Å². The molecule has 37 heavy (non-hydrogen) atoms. The van der Waals surface area contributed by atoms with Crippen LogP contribution in [0.3, 0.4) is 0 Å². The summed E-state index contributed by atoms with van der Waals surface area (Å²) < 4.78 is 2.18. The average Bonchev–Trinajstić information content (AvgIpc) is 3.24. The largest absolute Gasteiger partial charge is 0.387 e. The van der Waals surface area contributed by atoms with Crippen molar-refractivity contribution in [1.82, 2.24) is 24.3 Å². The number of amides is 1. The first kappa shape index (κ1) is 24.6. The average molecular weight is 495 g/mol. The van der Waals surface area contributed by atoms with Crippen molar-refractivity contribution >= 4 is 22.6 Å². The Balaban J connectivity index is 1.32. The quantitative estimate of drug-likeness (QED) is 0.395. The van der Waals surface area contributed by atoms with Crippen molar-refractivity contribution in [3.63, 3.8) is 0 Å². The van der Waals surface area contributed by atoms with Crippen LogP contribution >= 0.6 is 0 Å². The van der Waals surface area contributed by atoms with E-state index >= 15 is 0 Å². The summed E-state index contributed by atoms with van der Waals surface area (Å²) in [4.78, 5) is 25.5. The topological polar surface area (TPSA) is 66.3 Å². The number of aryl methyl sites for hydroxylation is 1. The Bertz CT molecular complexity index is 1440. The number of nitrogens with one attached hydrogen (secondary N) is 1. The highest BCUT2D eigenvalue weighted by molar-refractivity contribution is 5.94. The van der Waals surface area contributed by atoms with Gasteiger partial charge >= 0.3 is 0 Å². The number of allylic oxidation sites excluding steroid dienone is 1. The Kier molecular flexibility index (Phi) is 6.70. The molecule has 0 aliphatic carbocycles. The Morgan fingerprint density at radius 1 is 1.14 bits per heavy atom. The molecular weight excluding hydrogens is 460 g/mol. The second-order valence-corrected chi connectivity index (χ2v) is 9.97. The SMILES string of the molecule is C=C1C[C@H](c2ccc(C(=O)N(C)C)cc2)CCN1Cc1cc2c(-c3ccc(NC)cn3)ccnc2n1C. The van der Waals surface area contributed by atoms with Crippen molar-refractivity contribution in [2.45, 2.75) is 25.3 Å². The number of hydrogen-bond acceptors (Lipinski definition) is 5. The Morgan fingerprint density at radius 2 is 1.92 bits per heavy atom. The third-order valence-corrected chi connectivity index (χ3v) is 7.42. The molecule has 0 saturated carbocycles. The second-order valence-electron chi connectivity index (χ2n) is 9.97. The van der Waals surface area contributed by atoms with E-state index in [9.17, 15) is 4.79 Å². The first-order valence-corrected chi connectivity index (χ1v) is 12.7. The number of carbonyl (C=O) groups excluding carboxylic acids is 1. The molecule has 3 aromatic heterocycles. The minimum Gasteiger partial charge on any atom is -0.387 e. The zero-order valence-electron chi connectivity index (χ0n) is 22.0. The lowest BCUT2D eigenvalue weighted by Gasteiger charge is -2.35. The monoisotopic (exact) mass is 494 g/mol. The molecule has 0 bridgehead atoms. The zero-order valence-corrected chi connectivity index (χ0v) is 22.0. The van der Waals surface area contributed by atoms with E-state index in [0.717, 1.165) is 65.2 Å². The summed E-state index contributed by atoms with van der Waals surface area (Å²) >= 11 is 0. The van der Waals surface area contributed by atoms with Crippen molar-refractivity contribution in [3.8, 4) is 11.3 Å². The summed E-state index contributed by atoms with van der Waals surface area (Å²) in [7, 11) is 7.53. The van der Waals surface area contributed by atoms with Crippen LogP contribution < -0.4 is 5.32 Å². The molecular formula is C30H34N6O. The number of fused-ring (bicyclic) bond motifs is 1. The summed E-state index contributed by atoms with van der Waals surface area (Å²) in [6.07, 6.45) is 5.68. The van der Waals surface area contributed by atoms with Gasteiger partial charge in [-0.2, -0.15) is 0 Å². The van der Waals surface area contributed by atoms with Crippen molar-refractivity contribution in [1.29, 1.82) is 0 Å². The number of anilines is 1. The van der Waals surface area contributed by atoms with Crippen molar-refractivity contribution in [2.24, 2.45) is 7.05 Å². The first-order valence-electron chi connectivity index (χ1n) is 12.7. The van der Waals surface area contributed by atoms with Crippen LogP contribution in [0.5, 0.6) is 0 Å². The summed E-state index contributed by atoms with van der Waals surface area (Å²) in [6, 6.07) is 16.4. The van der Waals surface area contributed by atoms with Crippen molar-refractivity contribution in [3.05, 3.63) is 90.0 Å². The highest BCUT2D eigenvalue weighted by atomic mass is 16.2. The molecule has 1 N–H and O–H groups in total. The second kappa shape index (κ2) is 10.1. The molecule has 1 saturated heterocycles. The number of piperidine rings is 1. The number of benzene rings is 1. The fourth-order valence-electron chi connectivity index (χ4n) is 5.16. The lowest BCUT2D eigenvalue weighted by Crippen LogP contribution is -2.31. The van der Waals surface area contributed by atoms with Gasteiger partial charge in [-0.15, -0.1) is 0 Å². The fourth-order valence-corrected chi connectivity index (χ4v) is 5.16. The molecule has 0 unspecified atom stereocenters. The molecule has 190 valence electrons. The van der Waals surface area contributed by atoms with Gasteiger partial charge in [-0.25, -0.2) is 4.98 Å². The van der Waals surface area contributed by atoms with Gasteiger partial charge in [0.2, 0.25) is 0 Å². The lowest BCUT2D eigenvalue weighted by molar-refractivity contribution is 0.0827. The molecule has 0 spiro atoms. The van der Waals surface area contributed by atoms with E-state index in [2.05, 4.69) is 56.6 Å². The van der Waals surface area contributed by atoms with Gasteiger partial charge in [0.05, 0.1) is 24.1 Å². The Labute approximate surface area is 218 Å². The van der Waals surface area contributed by atoms with E-state index in [1.165, 1.54) is 11.3 Å². The van der Waals surface area contributed by atoms with Crippen LogP contribution in [-0.4, -0.2) is 57.9 Å². The molecule has 1 fully saturated rings. The molecule has 7 heteroatoms. The summed E-state index contributed by atoms with van der Waals surface area (Å²) in [5, 5.41) is 4.23. The van der Waals surface area contributed by atoms with E-state index in [1.807, 2.05) is 49.8 Å². The summed E-state index contributed by atoms with van der Waals surface area (Å²) in [5.74, 6) is 0.448. The van der Waals surface area contributed by atoms with Gasteiger partial charge < -0.3 is 19.7 Å². The third-order valence-electron chi connectivity index (χ3n) is 7.42. The molecule has 1 amide bonds. The molecule has 4 heterocycles. The number of pyridine rings is 2. The normalized spacial score (nSPS) is 15.7. The minimum atomic E-state index is 0.0316. The van der Waals surface area contributed by atoms with E-state index in [-0.39, 0.29) is 5.91 Å². The van der Waals surface area contributed by atoms with Crippen LogP contribution in [0.4, 0.5) is 5.69 Å². The predicted molar refractivity (Wildman–Crippen MR) is 149 cm³/mol. The third kappa shape index (κ3) is 4.81. The van der Waals surface area contributed by atoms with Gasteiger partial charge in [-0.05, 0) is 60.7 Å². The molecule has 5 rings (SSSR count). The highest BCUT2D eigenvalue weighted by Gasteiger charge is 2.24. The fraction of sp³-hybridized carbons (Fsp3) is 0.300. The number of carbonyl (C=O) groups is 1. The van der Waals surface area contributed by atoms with Gasteiger partial charge in [0.25, 0.3) is 5.91 Å². The smallest absolute Gasteiger partial charge is 0.253 e. The standard InChI is InChI=1S/C30H34N6O/c1-20-16-23(21-6-8-22(9-7-21)30(37)34(3)4)13-15-36(20)19-25-17-27-26(12-14-32-29(27)35(25)5)28-11-10-24(31-2)18-33-28/h6-12,14,17-18,23,31H,1,13,15-16,19H2,2-5H3/t23-/m1/s1. The zero-order chi connectivity index (χ0) is 26.1. The number of likely N-dealkylation sites (tertiary alicyclic amines) is 1. The van der Waals surface area contributed by atoms with Gasteiger partial charge in [-0.1, -0.05) is 18.7 Å². The summed E-state index contributed by atoms with van der Waals surface area (Å²) in [6.45, 7) is 6.16. The summed E-state index contributed by atoms with van der Waals surface area (Å²) in [5.41, 5.74) is 8.31. The van der Waals surface area contributed by atoms with E-state index < -0.39 is 0 Å². The lowest BCUT2D eigenvalue weighted by atomic mass is 9.87. The molecule has 1 aliphatic heterocycles. The molecule has 1 atom stereocenters. The van der Waals surface area contributed by atoms with Crippen molar-refractivity contribution in [2.75, 3.05) is 33.0 Å². The molecule has 0 radical (unpaired) electrons. The van der Waals surface area contributed by atoms with Gasteiger partial charge in [-0.3, -0.25) is 9.78 Å². The van der Waals surface area contributed by atoms with Crippen LogP contribution in [-0.2, 0) is 13.6 Å². The van der Waals surface area contributed by atoms with Crippen LogP contribution in [0, 0.1) is 0 Å². The Hall–Kier alpha value is -4.13. The van der Waals surface area contributed by atoms with E-state index in [4.69, 9.17) is 0 Å². The minimum absolute atomic E-state index is 0.0316. The molecule has 1 aromatic carbocycles. The number of aromatic nitrogens is 3. The highest BCUT2D eigenvalue weighted by Crippen LogP contribution is 2.35. The first-order chi connectivity index (χ1) is 17.9. The van der Waals surface area contributed by atoms with Gasteiger partial charge in [0.15, 0.2) is 0 Å². The van der Waals surface area contributed by atoms with Gasteiger partial charge in [0.1, 0.15) is 5.65 Å². The maximum Gasteiger partial charge on any atom is 0.253 e. The van der Waals surface area contributed by atoms with Crippen LogP contribution in [0.25, 0.3) is 22.3 Å². The number of rotatable bonds is 6. The molecule has 1 aliphatic rings. The van der Waals surface area contributed by atoms with E-state index in [0.29, 0.717) is 5.92 Å². The van der Waals surface area contributed by atoms with Crippen LogP contribution in [0.1, 0.15) is 40.4 Å². The van der Waals surface area contributed by atoms with Crippen LogP contribution in [0.2, 0.25) is 0 Å². The predicted octanol–water partition coefficient (Wildman–Crippen LogP) is 5.27. The molecule has 7 nitrogen and oxygen atoms in total. The number of nitrogens with zero attached hydrogens (tertiary/aromatic N) is 5. The maximum atomic E-state index is 12.2. The number of hydrogen-bond donors (Lipinski definition) is 1. The molecule has 4 aromatic rings. The van der Waals surface area contributed by atoms with Crippen molar-refractivity contribution < 1.29 is 4.79 Å². The maximum absolute atomic E-state index is 12.2. The van der Waals surface area contributed by atoms with Crippen LogP contribution in [0.15, 0.2) is 73.2 Å².